The Kier molecular flexibility index (Phi) is 6.24. The number of phenols is 2. The molecule has 0 aromatic heterocycles. The molecule has 3 aromatic rings. The minimum Gasteiger partial charge on any atom is -0.507 e. The summed E-state index contributed by atoms with van der Waals surface area (Å²) in [6, 6.07) is 15.3. The van der Waals surface area contributed by atoms with Crippen molar-refractivity contribution in [1.82, 2.24) is 0 Å². The van der Waals surface area contributed by atoms with Crippen molar-refractivity contribution in [2.24, 2.45) is 0 Å². The van der Waals surface area contributed by atoms with E-state index in [9.17, 15) is 20.1 Å². The Bertz CT molecular complexity index is 1200. The molecule has 1 aliphatic heterocycles. The number of hydrogen-bond acceptors (Lipinski definition) is 7. The number of rotatable bonds is 6. The van der Waals surface area contributed by atoms with Gasteiger partial charge in [0, 0.05) is 18.1 Å². The van der Waals surface area contributed by atoms with Crippen molar-refractivity contribution in [3.63, 3.8) is 0 Å². The van der Waals surface area contributed by atoms with Crippen LogP contribution in [0.1, 0.15) is 33.2 Å². The highest BCUT2D eigenvalue weighted by Gasteiger charge is 2.36. The molecule has 1 heterocycles. The van der Waals surface area contributed by atoms with Crippen molar-refractivity contribution in [2.75, 3.05) is 14.2 Å². The number of aromatic hydroxyl groups is 2. The quantitative estimate of drug-likeness (QED) is 0.386. The van der Waals surface area contributed by atoms with E-state index in [-0.39, 0.29) is 35.0 Å². The lowest BCUT2D eigenvalue weighted by atomic mass is 9.91. The van der Waals surface area contributed by atoms with Gasteiger partial charge in [0.2, 0.25) is 0 Å². The summed E-state index contributed by atoms with van der Waals surface area (Å²) in [7, 11) is 2.86. The van der Waals surface area contributed by atoms with E-state index < -0.39 is 18.0 Å². The number of benzene rings is 3. The summed E-state index contributed by atoms with van der Waals surface area (Å²) in [4.78, 5) is 13.1. The zero-order valence-electron chi connectivity index (χ0n) is 18.2. The molecular weight excluding hydrogens is 424 g/mol. The molecule has 33 heavy (non-hydrogen) atoms. The van der Waals surface area contributed by atoms with Gasteiger partial charge >= 0.3 is 0 Å². The number of fused-ring (bicyclic) bond motifs is 1. The normalized spacial score (nSPS) is 17.3. The van der Waals surface area contributed by atoms with E-state index >= 15 is 0 Å². The molecule has 0 amide bonds. The van der Waals surface area contributed by atoms with Gasteiger partial charge in [-0.05, 0) is 29.3 Å². The fourth-order valence-electron chi connectivity index (χ4n) is 3.91. The van der Waals surface area contributed by atoms with Crippen LogP contribution in [-0.4, -0.2) is 41.4 Å². The van der Waals surface area contributed by atoms with Gasteiger partial charge < -0.3 is 29.5 Å². The van der Waals surface area contributed by atoms with Crippen LogP contribution in [0.3, 0.4) is 0 Å². The van der Waals surface area contributed by atoms with E-state index in [4.69, 9.17) is 14.2 Å². The van der Waals surface area contributed by atoms with Crippen LogP contribution in [0.5, 0.6) is 28.7 Å². The van der Waals surface area contributed by atoms with E-state index in [1.165, 1.54) is 32.4 Å². The van der Waals surface area contributed by atoms with Gasteiger partial charge in [-0.15, -0.1) is 0 Å². The number of carbonyl (C=O) groups excluding carboxylic acids is 1. The molecular formula is C26H24O7. The standard InChI is InChI=1S/C26H24O7/c1-31-22-14-20(29)24(19(28)10-8-15-6-4-3-5-7-15)26-17(22)13-21(30)25(33-26)16-9-11-18(27)23(12-16)32-2/h3-12,14,21,25,27,29-30H,13H2,1-2H3/b10-8+. The summed E-state index contributed by atoms with van der Waals surface area (Å²) in [5.74, 6) is -0.0953. The zero-order valence-corrected chi connectivity index (χ0v) is 18.2. The number of hydrogen-bond donors (Lipinski definition) is 3. The van der Waals surface area contributed by atoms with Crippen LogP contribution in [-0.2, 0) is 6.42 Å². The smallest absolute Gasteiger partial charge is 0.193 e. The highest BCUT2D eigenvalue weighted by molar-refractivity contribution is 6.11. The Labute approximate surface area is 191 Å². The zero-order chi connectivity index (χ0) is 23.5. The first-order chi connectivity index (χ1) is 15.9. The first-order valence-electron chi connectivity index (χ1n) is 10.3. The molecule has 7 heteroatoms. The molecule has 0 saturated heterocycles. The molecule has 3 N–H and O–H groups in total. The monoisotopic (exact) mass is 448 g/mol. The molecule has 3 aromatic carbocycles. The number of aliphatic hydroxyl groups is 1. The molecule has 0 spiro atoms. The lowest BCUT2D eigenvalue weighted by Crippen LogP contribution is -2.31. The third-order valence-corrected chi connectivity index (χ3v) is 5.56. The molecule has 170 valence electrons. The predicted molar refractivity (Wildman–Crippen MR) is 122 cm³/mol. The summed E-state index contributed by atoms with van der Waals surface area (Å²) >= 11 is 0. The van der Waals surface area contributed by atoms with E-state index in [2.05, 4.69) is 0 Å². The topological polar surface area (TPSA) is 105 Å². The van der Waals surface area contributed by atoms with Gasteiger partial charge in [0.25, 0.3) is 0 Å². The summed E-state index contributed by atoms with van der Waals surface area (Å²) in [6.07, 6.45) is 1.33. The van der Waals surface area contributed by atoms with E-state index in [0.29, 0.717) is 16.9 Å². The van der Waals surface area contributed by atoms with Gasteiger partial charge in [-0.25, -0.2) is 0 Å². The SMILES string of the molecule is COc1cc(C2Oc3c(c(OC)cc(O)c3C(=O)/C=C/c3ccccc3)CC2O)ccc1O. The first kappa shape index (κ1) is 22.2. The summed E-state index contributed by atoms with van der Waals surface area (Å²) in [6.45, 7) is 0. The van der Waals surface area contributed by atoms with Crippen LogP contribution < -0.4 is 14.2 Å². The summed E-state index contributed by atoms with van der Waals surface area (Å²) < 4.78 is 16.6. The fourth-order valence-corrected chi connectivity index (χ4v) is 3.91. The van der Waals surface area contributed by atoms with Crippen LogP contribution in [0.15, 0.2) is 60.7 Å². The van der Waals surface area contributed by atoms with Crippen LogP contribution in [0.25, 0.3) is 6.08 Å². The second-order valence-corrected chi connectivity index (χ2v) is 7.63. The molecule has 0 bridgehead atoms. The van der Waals surface area contributed by atoms with Crippen molar-refractivity contribution in [1.29, 1.82) is 0 Å². The second-order valence-electron chi connectivity index (χ2n) is 7.63. The van der Waals surface area contributed by atoms with Crippen molar-refractivity contribution >= 4 is 11.9 Å². The third kappa shape index (κ3) is 4.36. The van der Waals surface area contributed by atoms with Crippen LogP contribution in [0, 0.1) is 0 Å². The van der Waals surface area contributed by atoms with E-state index in [1.54, 1.807) is 18.2 Å². The Morgan fingerprint density at radius 3 is 2.42 bits per heavy atom. The number of phenolic OH excluding ortho intramolecular Hbond substituents is 2. The molecule has 0 radical (unpaired) electrons. The van der Waals surface area contributed by atoms with Gasteiger partial charge in [0.1, 0.15) is 28.9 Å². The van der Waals surface area contributed by atoms with Gasteiger partial charge in [-0.2, -0.15) is 0 Å². The minimum absolute atomic E-state index is 0.0133. The number of methoxy groups -OCH3 is 2. The largest absolute Gasteiger partial charge is 0.507 e. The van der Waals surface area contributed by atoms with Crippen molar-refractivity contribution in [3.05, 3.63) is 82.9 Å². The Morgan fingerprint density at radius 2 is 1.73 bits per heavy atom. The van der Waals surface area contributed by atoms with Gasteiger partial charge in [-0.3, -0.25) is 4.79 Å². The minimum atomic E-state index is -0.965. The van der Waals surface area contributed by atoms with Crippen molar-refractivity contribution < 1.29 is 34.3 Å². The third-order valence-electron chi connectivity index (χ3n) is 5.56. The molecule has 0 saturated carbocycles. The number of allylic oxidation sites excluding steroid dienone is 1. The van der Waals surface area contributed by atoms with Gasteiger partial charge in [0.15, 0.2) is 17.3 Å². The Hall–Kier alpha value is -3.97. The van der Waals surface area contributed by atoms with E-state index in [1.807, 2.05) is 30.3 Å². The first-order valence-corrected chi connectivity index (χ1v) is 10.3. The number of ether oxygens (including phenoxy) is 3. The number of ketones is 1. The number of carbonyl (C=O) groups is 1. The Balaban J connectivity index is 1.76. The van der Waals surface area contributed by atoms with Crippen molar-refractivity contribution in [3.8, 4) is 28.7 Å². The molecule has 7 nitrogen and oxygen atoms in total. The maximum absolute atomic E-state index is 13.1. The average molecular weight is 448 g/mol. The molecule has 0 aliphatic carbocycles. The van der Waals surface area contributed by atoms with Crippen LogP contribution in [0.2, 0.25) is 0 Å². The molecule has 4 rings (SSSR count). The van der Waals surface area contributed by atoms with Crippen LogP contribution >= 0.6 is 0 Å². The van der Waals surface area contributed by atoms with Crippen LogP contribution in [0.4, 0.5) is 0 Å². The lowest BCUT2D eigenvalue weighted by molar-refractivity contribution is 0.0190. The molecule has 0 fully saturated rings. The second kappa shape index (κ2) is 9.26. The maximum atomic E-state index is 13.1. The lowest BCUT2D eigenvalue weighted by Gasteiger charge is -2.33. The molecule has 1 aliphatic rings. The van der Waals surface area contributed by atoms with Gasteiger partial charge in [0.05, 0.1) is 20.3 Å². The summed E-state index contributed by atoms with van der Waals surface area (Å²) in [5, 5.41) is 31.4. The van der Waals surface area contributed by atoms with Gasteiger partial charge in [-0.1, -0.05) is 42.5 Å². The fraction of sp³-hybridized carbons (Fsp3) is 0.192. The highest BCUT2D eigenvalue weighted by atomic mass is 16.5. The summed E-state index contributed by atoms with van der Waals surface area (Å²) in [5.41, 5.74) is 1.85. The highest BCUT2D eigenvalue weighted by Crippen LogP contribution is 2.46. The maximum Gasteiger partial charge on any atom is 0.193 e. The molecule has 2 atom stereocenters. The van der Waals surface area contributed by atoms with Crippen molar-refractivity contribution in [2.45, 2.75) is 18.6 Å². The molecule has 2 unspecified atom stereocenters. The Morgan fingerprint density at radius 1 is 1.00 bits per heavy atom. The predicted octanol–water partition coefficient (Wildman–Crippen LogP) is 4.05. The average Bonchev–Trinajstić information content (AvgIpc) is 2.83. The van der Waals surface area contributed by atoms with E-state index in [0.717, 1.165) is 5.56 Å². The number of aliphatic hydroxyl groups excluding tert-OH is 1.